The van der Waals surface area contributed by atoms with Gasteiger partial charge in [0.2, 0.25) is 0 Å². The first-order valence-corrected chi connectivity index (χ1v) is 9.15. The first-order valence-electron chi connectivity index (χ1n) is 9.15. The molecule has 2 nitrogen and oxygen atoms in total. The summed E-state index contributed by atoms with van der Waals surface area (Å²) in [6, 6.07) is 25.0. The lowest BCUT2D eigenvalue weighted by Crippen LogP contribution is -1.99. The average molecular weight is 341 g/mol. The van der Waals surface area contributed by atoms with Gasteiger partial charge in [0, 0.05) is 23.0 Å². The quantitative estimate of drug-likeness (QED) is 0.424. The van der Waals surface area contributed by atoms with Crippen LogP contribution < -0.4 is 4.74 Å². The van der Waals surface area contributed by atoms with Crippen LogP contribution >= 0.6 is 0 Å². The van der Waals surface area contributed by atoms with E-state index in [1.54, 1.807) is 0 Å². The second kappa shape index (κ2) is 7.09. The fraction of sp³-hybridized carbons (Fsp3) is 0.167. The summed E-state index contributed by atoms with van der Waals surface area (Å²) in [6.45, 7) is 4.38. The van der Waals surface area contributed by atoms with E-state index in [4.69, 9.17) is 4.74 Å². The van der Waals surface area contributed by atoms with Crippen LogP contribution in [0.3, 0.4) is 0 Å². The van der Waals surface area contributed by atoms with E-state index in [0.29, 0.717) is 5.92 Å². The Labute approximate surface area is 154 Å². The van der Waals surface area contributed by atoms with Crippen molar-refractivity contribution in [2.24, 2.45) is 0 Å². The Morgan fingerprint density at radius 2 is 1.69 bits per heavy atom. The molecule has 0 saturated carbocycles. The van der Waals surface area contributed by atoms with Crippen LogP contribution in [0.4, 0.5) is 0 Å². The van der Waals surface area contributed by atoms with Crippen molar-refractivity contribution < 1.29 is 4.74 Å². The number of hydrogen-bond donors (Lipinski definition) is 1. The van der Waals surface area contributed by atoms with Gasteiger partial charge in [0.25, 0.3) is 0 Å². The third-order valence-electron chi connectivity index (χ3n) is 4.89. The summed E-state index contributed by atoms with van der Waals surface area (Å²) < 4.78 is 6.03. The minimum Gasteiger partial charge on any atom is -0.457 e. The molecule has 3 aromatic carbocycles. The van der Waals surface area contributed by atoms with E-state index < -0.39 is 0 Å². The van der Waals surface area contributed by atoms with Gasteiger partial charge in [-0.05, 0) is 60.9 Å². The maximum Gasteiger partial charge on any atom is 0.127 e. The van der Waals surface area contributed by atoms with E-state index in [1.165, 1.54) is 27.6 Å². The number of aryl methyl sites for hydroxylation is 1. The second-order valence-corrected chi connectivity index (χ2v) is 6.74. The number of fused-ring (bicyclic) bond motifs is 1. The van der Waals surface area contributed by atoms with E-state index in [9.17, 15) is 0 Å². The monoisotopic (exact) mass is 341 g/mol. The number of rotatable bonds is 5. The van der Waals surface area contributed by atoms with Crippen LogP contribution in [0.15, 0.2) is 79.0 Å². The maximum atomic E-state index is 6.03. The molecule has 0 bridgehead atoms. The normalized spacial score (nSPS) is 12.2. The summed E-state index contributed by atoms with van der Waals surface area (Å²) in [5, 5.41) is 1.31. The molecule has 0 aliphatic carbocycles. The average Bonchev–Trinajstić information content (AvgIpc) is 3.07. The number of H-pyrrole nitrogens is 1. The van der Waals surface area contributed by atoms with E-state index in [0.717, 1.165) is 17.9 Å². The van der Waals surface area contributed by atoms with Gasteiger partial charge in [-0.3, -0.25) is 0 Å². The molecular weight excluding hydrogens is 318 g/mol. The molecular formula is C24H23NO. The van der Waals surface area contributed by atoms with Crippen molar-refractivity contribution in [1.82, 2.24) is 4.98 Å². The highest BCUT2D eigenvalue weighted by Crippen LogP contribution is 2.35. The van der Waals surface area contributed by atoms with Crippen molar-refractivity contribution in [2.75, 3.05) is 0 Å². The topological polar surface area (TPSA) is 25.0 Å². The fourth-order valence-corrected chi connectivity index (χ4v) is 3.60. The van der Waals surface area contributed by atoms with Crippen molar-refractivity contribution in [2.45, 2.75) is 26.2 Å². The summed E-state index contributed by atoms with van der Waals surface area (Å²) in [6.07, 6.45) is 3.19. The van der Waals surface area contributed by atoms with Crippen molar-refractivity contribution >= 4 is 10.9 Å². The van der Waals surface area contributed by atoms with E-state index >= 15 is 0 Å². The molecule has 4 aromatic rings. The summed E-state index contributed by atoms with van der Waals surface area (Å²) >= 11 is 0. The Morgan fingerprint density at radius 3 is 2.50 bits per heavy atom. The third kappa shape index (κ3) is 3.23. The highest BCUT2D eigenvalue weighted by Gasteiger charge is 2.17. The van der Waals surface area contributed by atoms with Gasteiger partial charge in [-0.1, -0.05) is 48.9 Å². The predicted molar refractivity (Wildman–Crippen MR) is 108 cm³/mol. The standard InChI is InChI=1S/C24H23NO/c1-3-21(23-16-25-24-13-12-17(2)14-22(23)24)18-8-7-11-20(15-18)26-19-9-5-4-6-10-19/h4-16,21,25H,3H2,1-2H3. The van der Waals surface area contributed by atoms with Gasteiger partial charge in [-0.25, -0.2) is 0 Å². The second-order valence-electron chi connectivity index (χ2n) is 6.74. The molecule has 0 saturated heterocycles. The Bertz CT molecular complexity index is 1020. The maximum absolute atomic E-state index is 6.03. The van der Waals surface area contributed by atoms with Crippen LogP contribution in [0.2, 0.25) is 0 Å². The zero-order valence-electron chi connectivity index (χ0n) is 15.2. The molecule has 0 radical (unpaired) electrons. The van der Waals surface area contributed by atoms with Crippen molar-refractivity contribution in [3.63, 3.8) is 0 Å². The molecule has 0 aliphatic heterocycles. The van der Waals surface area contributed by atoms with Crippen LogP contribution in [0, 0.1) is 6.92 Å². The minimum atomic E-state index is 0.338. The Balaban J connectivity index is 1.70. The molecule has 0 amide bonds. The van der Waals surface area contributed by atoms with Gasteiger partial charge in [0.15, 0.2) is 0 Å². The molecule has 2 heteroatoms. The lowest BCUT2D eigenvalue weighted by Gasteiger charge is -2.16. The Morgan fingerprint density at radius 1 is 0.885 bits per heavy atom. The molecule has 0 aliphatic rings. The lowest BCUT2D eigenvalue weighted by atomic mass is 9.88. The number of benzene rings is 3. The molecule has 26 heavy (non-hydrogen) atoms. The third-order valence-corrected chi connectivity index (χ3v) is 4.89. The molecule has 0 fully saturated rings. The van der Waals surface area contributed by atoms with Crippen LogP contribution in [-0.2, 0) is 0 Å². The highest BCUT2D eigenvalue weighted by atomic mass is 16.5. The summed E-state index contributed by atoms with van der Waals surface area (Å²) in [5.41, 5.74) is 5.11. The molecule has 1 unspecified atom stereocenters. The van der Waals surface area contributed by atoms with E-state index in [1.807, 2.05) is 36.4 Å². The minimum absolute atomic E-state index is 0.338. The largest absolute Gasteiger partial charge is 0.457 e. The summed E-state index contributed by atoms with van der Waals surface area (Å²) in [5.74, 6) is 2.08. The lowest BCUT2D eigenvalue weighted by molar-refractivity contribution is 0.481. The predicted octanol–water partition coefficient (Wildman–Crippen LogP) is 6.81. The zero-order chi connectivity index (χ0) is 17.9. The van der Waals surface area contributed by atoms with Crippen molar-refractivity contribution in [3.05, 3.63) is 95.7 Å². The molecule has 1 aromatic heterocycles. The number of hydrogen-bond acceptors (Lipinski definition) is 1. The first kappa shape index (κ1) is 16.5. The van der Waals surface area contributed by atoms with E-state index in [-0.39, 0.29) is 0 Å². The number of ether oxygens (including phenoxy) is 1. The van der Waals surface area contributed by atoms with E-state index in [2.05, 4.69) is 61.4 Å². The molecule has 4 rings (SSSR count). The van der Waals surface area contributed by atoms with Crippen molar-refractivity contribution in [1.29, 1.82) is 0 Å². The SMILES string of the molecule is CCC(c1cccc(Oc2ccccc2)c1)c1c[nH]c2ccc(C)cc12. The van der Waals surface area contributed by atoms with Crippen LogP contribution in [0.25, 0.3) is 10.9 Å². The Kier molecular flexibility index (Phi) is 4.49. The van der Waals surface area contributed by atoms with Gasteiger partial charge in [-0.15, -0.1) is 0 Å². The molecule has 130 valence electrons. The summed E-state index contributed by atoms with van der Waals surface area (Å²) in [7, 11) is 0. The zero-order valence-corrected chi connectivity index (χ0v) is 15.2. The van der Waals surface area contributed by atoms with Gasteiger partial charge in [0.1, 0.15) is 11.5 Å². The van der Waals surface area contributed by atoms with Gasteiger partial charge in [-0.2, -0.15) is 0 Å². The van der Waals surface area contributed by atoms with Gasteiger partial charge in [0.05, 0.1) is 0 Å². The highest BCUT2D eigenvalue weighted by molar-refractivity contribution is 5.85. The van der Waals surface area contributed by atoms with Crippen molar-refractivity contribution in [3.8, 4) is 11.5 Å². The van der Waals surface area contributed by atoms with Gasteiger partial charge >= 0.3 is 0 Å². The first-order chi connectivity index (χ1) is 12.7. The number of para-hydroxylation sites is 1. The fourth-order valence-electron chi connectivity index (χ4n) is 3.60. The molecule has 1 heterocycles. The molecule has 1 atom stereocenters. The Hall–Kier alpha value is -3.00. The van der Waals surface area contributed by atoms with Crippen LogP contribution in [0.5, 0.6) is 11.5 Å². The van der Waals surface area contributed by atoms with Crippen LogP contribution in [-0.4, -0.2) is 4.98 Å². The van der Waals surface area contributed by atoms with Gasteiger partial charge < -0.3 is 9.72 Å². The van der Waals surface area contributed by atoms with Crippen LogP contribution in [0.1, 0.15) is 36.0 Å². The number of aromatic nitrogens is 1. The number of aromatic amines is 1. The molecule has 1 N–H and O–H groups in total. The summed E-state index contributed by atoms with van der Waals surface area (Å²) in [4.78, 5) is 3.42. The smallest absolute Gasteiger partial charge is 0.127 e. The molecule has 0 spiro atoms. The number of nitrogens with one attached hydrogen (secondary N) is 1.